The zero-order chi connectivity index (χ0) is 10.6. The van der Waals surface area contributed by atoms with Crippen LogP contribution in [0.2, 0.25) is 0 Å². The summed E-state index contributed by atoms with van der Waals surface area (Å²) in [5.74, 6) is 1.14. The molecule has 2 N–H and O–H groups in total. The molecule has 0 aliphatic rings. The zero-order valence-electron chi connectivity index (χ0n) is 9.03. The van der Waals surface area contributed by atoms with Crippen LogP contribution in [0.4, 0.5) is 11.4 Å². The van der Waals surface area contributed by atoms with Crippen LogP contribution in [0, 0.1) is 0 Å². The Hall–Kier alpha value is -0.830. The van der Waals surface area contributed by atoms with E-state index in [0.29, 0.717) is 6.04 Å². The molecule has 14 heavy (non-hydrogen) atoms. The van der Waals surface area contributed by atoms with Crippen LogP contribution < -0.4 is 10.6 Å². The average molecular weight is 210 g/mol. The van der Waals surface area contributed by atoms with Gasteiger partial charge in [0.2, 0.25) is 0 Å². The Morgan fingerprint density at radius 2 is 1.93 bits per heavy atom. The molecule has 1 aromatic rings. The van der Waals surface area contributed by atoms with E-state index in [1.54, 1.807) is 0 Å². The lowest BCUT2D eigenvalue weighted by Gasteiger charge is -2.26. The number of hydrogen-bond donors (Lipinski definition) is 1. The quantitative estimate of drug-likeness (QED) is 0.774. The number of rotatable bonds is 4. The molecule has 0 radical (unpaired) electrons. The van der Waals surface area contributed by atoms with Crippen molar-refractivity contribution in [2.45, 2.75) is 13.0 Å². The van der Waals surface area contributed by atoms with Crippen LogP contribution in [0.3, 0.4) is 0 Å². The second kappa shape index (κ2) is 5.15. The standard InChI is InChI=1S/C11H18N2S/c1-9(8-14-3)13(2)11-6-4-10(12)5-7-11/h4-7,9H,8,12H2,1-3H3. The molecule has 0 amide bonds. The molecular weight excluding hydrogens is 192 g/mol. The van der Waals surface area contributed by atoms with Crippen molar-refractivity contribution in [1.29, 1.82) is 0 Å². The van der Waals surface area contributed by atoms with E-state index in [-0.39, 0.29) is 0 Å². The van der Waals surface area contributed by atoms with Gasteiger partial charge in [-0.2, -0.15) is 11.8 Å². The summed E-state index contributed by atoms with van der Waals surface area (Å²) in [6, 6.07) is 8.56. The lowest BCUT2D eigenvalue weighted by atomic mass is 10.2. The number of nitrogen functional groups attached to an aromatic ring is 1. The molecule has 0 fully saturated rings. The SMILES string of the molecule is CSCC(C)N(C)c1ccc(N)cc1. The van der Waals surface area contributed by atoms with Crippen molar-refractivity contribution in [3.05, 3.63) is 24.3 Å². The minimum atomic E-state index is 0.550. The maximum atomic E-state index is 5.64. The smallest absolute Gasteiger partial charge is 0.0367 e. The van der Waals surface area contributed by atoms with Gasteiger partial charge in [0, 0.05) is 30.2 Å². The number of nitrogens with two attached hydrogens (primary N) is 1. The van der Waals surface area contributed by atoms with Crippen LogP contribution in [0.15, 0.2) is 24.3 Å². The second-order valence-corrected chi connectivity index (χ2v) is 4.42. The van der Waals surface area contributed by atoms with Crippen molar-refractivity contribution in [2.24, 2.45) is 0 Å². The first-order valence-corrected chi connectivity index (χ1v) is 6.12. The van der Waals surface area contributed by atoms with Crippen LogP contribution in [0.1, 0.15) is 6.92 Å². The van der Waals surface area contributed by atoms with Gasteiger partial charge in [0.25, 0.3) is 0 Å². The molecule has 0 spiro atoms. The number of benzene rings is 1. The molecule has 0 heterocycles. The van der Waals surface area contributed by atoms with Gasteiger partial charge in [-0.1, -0.05) is 0 Å². The molecule has 1 aromatic carbocycles. The zero-order valence-corrected chi connectivity index (χ0v) is 9.84. The van der Waals surface area contributed by atoms with Crippen molar-refractivity contribution >= 4 is 23.1 Å². The first-order chi connectivity index (χ1) is 6.65. The van der Waals surface area contributed by atoms with Crippen molar-refractivity contribution in [3.63, 3.8) is 0 Å². The highest BCUT2D eigenvalue weighted by molar-refractivity contribution is 7.98. The van der Waals surface area contributed by atoms with E-state index in [0.717, 1.165) is 11.4 Å². The monoisotopic (exact) mass is 210 g/mol. The van der Waals surface area contributed by atoms with Gasteiger partial charge in [0.1, 0.15) is 0 Å². The molecule has 0 aliphatic heterocycles. The molecule has 3 heteroatoms. The van der Waals surface area contributed by atoms with E-state index in [1.807, 2.05) is 23.9 Å². The maximum Gasteiger partial charge on any atom is 0.0367 e. The predicted molar refractivity (Wildman–Crippen MR) is 67.1 cm³/mol. The third-order valence-corrected chi connectivity index (χ3v) is 3.19. The minimum Gasteiger partial charge on any atom is -0.399 e. The molecule has 1 rings (SSSR count). The molecule has 1 unspecified atom stereocenters. The number of anilines is 2. The lowest BCUT2D eigenvalue weighted by Crippen LogP contribution is -2.30. The van der Waals surface area contributed by atoms with Gasteiger partial charge in [-0.05, 0) is 37.4 Å². The van der Waals surface area contributed by atoms with E-state index in [2.05, 4.69) is 37.3 Å². The number of thioether (sulfide) groups is 1. The predicted octanol–water partition coefficient (Wildman–Crippen LogP) is 2.46. The number of hydrogen-bond acceptors (Lipinski definition) is 3. The van der Waals surface area contributed by atoms with Crippen LogP contribution in [0.5, 0.6) is 0 Å². The maximum absolute atomic E-state index is 5.64. The Morgan fingerprint density at radius 3 is 2.43 bits per heavy atom. The van der Waals surface area contributed by atoms with Gasteiger partial charge in [0.05, 0.1) is 0 Å². The van der Waals surface area contributed by atoms with Crippen LogP contribution in [-0.4, -0.2) is 25.1 Å². The minimum absolute atomic E-state index is 0.550. The third kappa shape index (κ3) is 2.84. The summed E-state index contributed by atoms with van der Waals surface area (Å²) >= 11 is 1.87. The third-order valence-electron chi connectivity index (χ3n) is 2.37. The fourth-order valence-electron chi connectivity index (χ4n) is 1.32. The fourth-order valence-corrected chi connectivity index (χ4v) is 2.02. The summed E-state index contributed by atoms with van der Waals surface area (Å²) < 4.78 is 0. The van der Waals surface area contributed by atoms with E-state index < -0.39 is 0 Å². The van der Waals surface area contributed by atoms with Crippen molar-refractivity contribution in [1.82, 2.24) is 0 Å². The molecule has 0 aliphatic carbocycles. The van der Waals surface area contributed by atoms with Gasteiger partial charge in [-0.3, -0.25) is 0 Å². The van der Waals surface area contributed by atoms with Gasteiger partial charge in [0.15, 0.2) is 0 Å². The Kier molecular flexibility index (Phi) is 4.14. The van der Waals surface area contributed by atoms with Crippen molar-refractivity contribution in [3.8, 4) is 0 Å². The molecule has 1 atom stereocenters. The van der Waals surface area contributed by atoms with Crippen LogP contribution >= 0.6 is 11.8 Å². The summed E-state index contributed by atoms with van der Waals surface area (Å²) in [7, 11) is 2.12. The van der Waals surface area contributed by atoms with Gasteiger partial charge < -0.3 is 10.6 Å². The molecule has 78 valence electrons. The van der Waals surface area contributed by atoms with Gasteiger partial charge in [-0.25, -0.2) is 0 Å². The van der Waals surface area contributed by atoms with Crippen LogP contribution in [0.25, 0.3) is 0 Å². The lowest BCUT2D eigenvalue weighted by molar-refractivity contribution is 0.766. The number of nitrogens with zero attached hydrogens (tertiary/aromatic N) is 1. The summed E-state index contributed by atoms with van der Waals surface area (Å²) in [6.07, 6.45) is 2.13. The first kappa shape index (κ1) is 11.2. The highest BCUT2D eigenvalue weighted by atomic mass is 32.2. The van der Waals surface area contributed by atoms with Gasteiger partial charge in [-0.15, -0.1) is 0 Å². The van der Waals surface area contributed by atoms with Crippen molar-refractivity contribution < 1.29 is 0 Å². The van der Waals surface area contributed by atoms with E-state index >= 15 is 0 Å². The summed E-state index contributed by atoms with van der Waals surface area (Å²) in [5, 5.41) is 0. The van der Waals surface area contributed by atoms with Crippen molar-refractivity contribution in [2.75, 3.05) is 29.7 Å². The molecule has 2 nitrogen and oxygen atoms in total. The summed E-state index contributed by atoms with van der Waals surface area (Å²) in [6.45, 7) is 2.23. The highest BCUT2D eigenvalue weighted by Crippen LogP contribution is 2.18. The second-order valence-electron chi connectivity index (χ2n) is 3.51. The topological polar surface area (TPSA) is 29.3 Å². The first-order valence-electron chi connectivity index (χ1n) is 4.72. The van der Waals surface area contributed by atoms with Crippen LogP contribution in [-0.2, 0) is 0 Å². The average Bonchev–Trinajstić information content (AvgIpc) is 2.18. The molecule has 0 aromatic heterocycles. The molecule has 0 bridgehead atoms. The van der Waals surface area contributed by atoms with Gasteiger partial charge >= 0.3 is 0 Å². The Balaban J connectivity index is 2.68. The van der Waals surface area contributed by atoms with E-state index in [1.165, 1.54) is 5.69 Å². The fraction of sp³-hybridized carbons (Fsp3) is 0.455. The Morgan fingerprint density at radius 1 is 1.36 bits per heavy atom. The molecular formula is C11H18N2S. The van der Waals surface area contributed by atoms with E-state index in [9.17, 15) is 0 Å². The normalized spacial score (nSPS) is 12.5. The Bertz CT molecular complexity index is 271. The molecule has 0 saturated carbocycles. The molecule has 0 saturated heterocycles. The highest BCUT2D eigenvalue weighted by Gasteiger charge is 2.08. The van der Waals surface area contributed by atoms with E-state index in [4.69, 9.17) is 5.73 Å². The largest absolute Gasteiger partial charge is 0.399 e. The summed E-state index contributed by atoms with van der Waals surface area (Å²) in [4.78, 5) is 2.27. The summed E-state index contributed by atoms with van der Waals surface area (Å²) in [5.41, 5.74) is 7.68. The Labute approximate surface area is 90.5 Å².